The topological polar surface area (TPSA) is 31.6 Å². The summed E-state index contributed by atoms with van der Waals surface area (Å²) in [6, 6.07) is 13.8. The number of hydrogen-bond acceptors (Lipinski definition) is 3. The van der Waals surface area contributed by atoms with Crippen LogP contribution in [0.3, 0.4) is 0 Å². The van der Waals surface area contributed by atoms with E-state index >= 15 is 0 Å². The highest BCUT2D eigenvalue weighted by Crippen LogP contribution is 2.26. The minimum atomic E-state index is -0.305. The molecule has 18 heavy (non-hydrogen) atoms. The molecule has 0 aliphatic carbocycles. The van der Waals surface area contributed by atoms with E-state index in [0.29, 0.717) is 6.61 Å². The van der Waals surface area contributed by atoms with Gasteiger partial charge in [-0.1, -0.05) is 30.3 Å². The van der Waals surface area contributed by atoms with Crippen molar-refractivity contribution < 1.29 is 13.9 Å². The zero-order chi connectivity index (χ0) is 12.2. The number of benzene rings is 1. The molecule has 0 amide bonds. The van der Waals surface area contributed by atoms with Gasteiger partial charge in [0.15, 0.2) is 6.29 Å². The first-order valence-corrected chi connectivity index (χ1v) is 5.95. The van der Waals surface area contributed by atoms with E-state index < -0.39 is 0 Å². The highest BCUT2D eigenvalue weighted by atomic mass is 16.7. The first kappa shape index (κ1) is 11.3. The summed E-state index contributed by atoms with van der Waals surface area (Å²) in [6.07, 6.45) is 5.07. The van der Waals surface area contributed by atoms with Gasteiger partial charge in [-0.15, -0.1) is 0 Å². The molecule has 1 aromatic heterocycles. The van der Waals surface area contributed by atoms with Gasteiger partial charge in [0.1, 0.15) is 11.9 Å². The molecule has 1 aromatic carbocycles. The molecule has 3 rings (SSSR count). The highest BCUT2D eigenvalue weighted by Gasteiger charge is 2.25. The Labute approximate surface area is 106 Å². The van der Waals surface area contributed by atoms with Gasteiger partial charge >= 0.3 is 0 Å². The number of ether oxygens (including phenoxy) is 2. The largest absolute Gasteiger partial charge is 0.465 e. The Morgan fingerprint density at radius 1 is 1.06 bits per heavy atom. The predicted molar refractivity (Wildman–Crippen MR) is 67.8 cm³/mol. The minimum absolute atomic E-state index is 0.0115. The predicted octanol–water partition coefficient (Wildman–Crippen LogP) is 3.41. The summed E-state index contributed by atoms with van der Waals surface area (Å²) >= 11 is 0. The van der Waals surface area contributed by atoms with Gasteiger partial charge in [-0.2, -0.15) is 0 Å². The van der Waals surface area contributed by atoms with Crippen molar-refractivity contribution in [2.24, 2.45) is 0 Å². The maximum Gasteiger partial charge on any atom is 0.178 e. The Hall–Kier alpha value is -1.84. The molecular formula is C15H14O3. The summed E-state index contributed by atoms with van der Waals surface area (Å²) in [6.45, 7) is 0.581. The van der Waals surface area contributed by atoms with Crippen molar-refractivity contribution in [3.05, 3.63) is 66.1 Å². The first-order chi connectivity index (χ1) is 8.92. The molecule has 2 atom stereocenters. The first-order valence-electron chi connectivity index (χ1n) is 5.95. The molecule has 2 aromatic rings. The molecule has 0 saturated carbocycles. The molecule has 0 N–H and O–H groups in total. The molecule has 1 saturated heterocycles. The van der Waals surface area contributed by atoms with E-state index in [1.165, 1.54) is 0 Å². The van der Waals surface area contributed by atoms with Gasteiger partial charge in [0.2, 0.25) is 0 Å². The molecule has 2 unspecified atom stereocenters. The second kappa shape index (κ2) is 5.21. The third-order valence-electron chi connectivity index (χ3n) is 2.84. The third-order valence-corrected chi connectivity index (χ3v) is 2.84. The van der Waals surface area contributed by atoms with Crippen molar-refractivity contribution in [1.82, 2.24) is 0 Å². The van der Waals surface area contributed by atoms with Crippen LogP contribution in [0.1, 0.15) is 17.4 Å². The third kappa shape index (κ3) is 2.53. The van der Waals surface area contributed by atoms with Gasteiger partial charge < -0.3 is 13.9 Å². The molecule has 0 radical (unpaired) electrons. The maximum atomic E-state index is 5.80. The monoisotopic (exact) mass is 242 g/mol. The Kier molecular flexibility index (Phi) is 3.26. The molecule has 2 heterocycles. The smallest absolute Gasteiger partial charge is 0.178 e. The Morgan fingerprint density at radius 2 is 1.94 bits per heavy atom. The lowest BCUT2D eigenvalue weighted by Gasteiger charge is -2.08. The summed E-state index contributed by atoms with van der Waals surface area (Å²) in [4.78, 5) is 0. The lowest BCUT2D eigenvalue weighted by atomic mass is 10.1. The lowest BCUT2D eigenvalue weighted by Crippen LogP contribution is -2.03. The van der Waals surface area contributed by atoms with Crippen LogP contribution in [-0.4, -0.2) is 12.9 Å². The van der Waals surface area contributed by atoms with E-state index in [0.717, 1.165) is 11.3 Å². The summed E-state index contributed by atoms with van der Waals surface area (Å²) in [5.41, 5.74) is 1.14. The van der Waals surface area contributed by atoms with E-state index in [-0.39, 0.29) is 12.4 Å². The second-order valence-corrected chi connectivity index (χ2v) is 4.11. The van der Waals surface area contributed by atoms with Crippen LogP contribution in [0.2, 0.25) is 0 Å². The van der Waals surface area contributed by atoms with Gasteiger partial charge in [0.05, 0.1) is 12.9 Å². The van der Waals surface area contributed by atoms with Crippen LogP contribution in [0, 0.1) is 0 Å². The van der Waals surface area contributed by atoms with Gasteiger partial charge in [-0.05, 0) is 29.8 Å². The Morgan fingerprint density at radius 3 is 2.72 bits per heavy atom. The fourth-order valence-corrected chi connectivity index (χ4v) is 1.93. The van der Waals surface area contributed by atoms with Crippen molar-refractivity contribution in [1.29, 1.82) is 0 Å². The van der Waals surface area contributed by atoms with E-state index in [9.17, 15) is 0 Å². The van der Waals surface area contributed by atoms with E-state index in [2.05, 4.69) is 0 Å². The average Bonchev–Trinajstić information content (AvgIpc) is 3.09. The normalized spacial score (nSPS) is 23.8. The number of rotatable bonds is 3. The van der Waals surface area contributed by atoms with Gasteiger partial charge in [0, 0.05) is 0 Å². The van der Waals surface area contributed by atoms with Crippen molar-refractivity contribution in [3.63, 3.8) is 0 Å². The highest BCUT2D eigenvalue weighted by molar-refractivity contribution is 5.42. The molecule has 1 fully saturated rings. The van der Waals surface area contributed by atoms with Crippen LogP contribution < -0.4 is 0 Å². The molecule has 1 aliphatic heterocycles. The minimum Gasteiger partial charge on any atom is -0.465 e. The second-order valence-electron chi connectivity index (χ2n) is 4.11. The standard InChI is InChI=1S/C15H14O3/c1-2-5-12(6-3-1)14-11-17-15(18-14)9-8-13-7-4-10-16-13/h1-10,14-15H,11H2/b9-8+. The Bertz CT molecular complexity index is 502. The lowest BCUT2D eigenvalue weighted by molar-refractivity contribution is -0.0195. The molecule has 0 bridgehead atoms. The van der Waals surface area contributed by atoms with Crippen LogP contribution in [0.15, 0.2) is 59.2 Å². The molecule has 3 heteroatoms. The van der Waals surface area contributed by atoms with Crippen LogP contribution >= 0.6 is 0 Å². The van der Waals surface area contributed by atoms with Crippen LogP contribution in [0.25, 0.3) is 6.08 Å². The fraction of sp³-hybridized carbons (Fsp3) is 0.200. The molecule has 92 valence electrons. The molecule has 3 nitrogen and oxygen atoms in total. The molecular weight excluding hydrogens is 228 g/mol. The number of hydrogen-bond donors (Lipinski definition) is 0. The quantitative estimate of drug-likeness (QED) is 0.826. The van der Waals surface area contributed by atoms with Gasteiger partial charge in [-0.3, -0.25) is 0 Å². The van der Waals surface area contributed by atoms with Crippen LogP contribution in [0.5, 0.6) is 0 Å². The summed E-state index contributed by atoms with van der Waals surface area (Å²) in [5, 5.41) is 0. The van der Waals surface area contributed by atoms with E-state index in [1.807, 2.05) is 54.6 Å². The number of furan rings is 1. The van der Waals surface area contributed by atoms with Crippen molar-refractivity contribution >= 4 is 6.08 Å². The van der Waals surface area contributed by atoms with Crippen molar-refractivity contribution in [2.45, 2.75) is 12.4 Å². The Balaban J connectivity index is 1.62. The maximum absolute atomic E-state index is 5.80. The SMILES string of the molecule is C(=C\C1OCC(c2ccccc2)O1)/c1ccco1. The van der Waals surface area contributed by atoms with Crippen LogP contribution in [0.4, 0.5) is 0 Å². The van der Waals surface area contributed by atoms with E-state index in [4.69, 9.17) is 13.9 Å². The van der Waals surface area contributed by atoms with Crippen molar-refractivity contribution in [3.8, 4) is 0 Å². The zero-order valence-corrected chi connectivity index (χ0v) is 9.86. The van der Waals surface area contributed by atoms with Gasteiger partial charge in [-0.25, -0.2) is 0 Å². The zero-order valence-electron chi connectivity index (χ0n) is 9.86. The average molecular weight is 242 g/mol. The molecule has 0 spiro atoms. The van der Waals surface area contributed by atoms with Crippen molar-refractivity contribution in [2.75, 3.05) is 6.61 Å². The van der Waals surface area contributed by atoms with E-state index in [1.54, 1.807) is 6.26 Å². The van der Waals surface area contributed by atoms with Gasteiger partial charge in [0.25, 0.3) is 0 Å². The summed E-state index contributed by atoms with van der Waals surface area (Å²) in [5.74, 6) is 0.797. The summed E-state index contributed by atoms with van der Waals surface area (Å²) < 4.78 is 16.6. The summed E-state index contributed by atoms with van der Waals surface area (Å²) in [7, 11) is 0. The van der Waals surface area contributed by atoms with Crippen LogP contribution in [-0.2, 0) is 9.47 Å². The fourth-order valence-electron chi connectivity index (χ4n) is 1.93. The molecule has 1 aliphatic rings.